The molecule has 0 saturated carbocycles. The molecule has 6 nitrogen and oxygen atoms in total. The standard InChI is InChI=1S/C16H20N2O4/c1-3-12-22-14-6-4-13(5-7-14)18(11-10-17)15(19)8-9-16(20)21-2/h4-7H,3,8-9,11-12H2,1-2H3. The molecule has 0 aliphatic heterocycles. The van der Waals surface area contributed by atoms with Crippen LogP contribution in [0, 0.1) is 11.3 Å². The van der Waals surface area contributed by atoms with Crippen molar-refractivity contribution in [3.63, 3.8) is 0 Å². The number of nitrogens with zero attached hydrogens (tertiary/aromatic N) is 2. The van der Waals surface area contributed by atoms with Crippen LogP contribution in [0.25, 0.3) is 0 Å². The minimum Gasteiger partial charge on any atom is -0.494 e. The summed E-state index contributed by atoms with van der Waals surface area (Å²) < 4.78 is 9.98. The van der Waals surface area contributed by atoms with Gasteiger partial charge in [0.1, 0.15) is 12.3 Å². The van der Waals surface area contributed by atoms with E-state index >= 15 is 0 Å². The van der Waals surface area contributed by atoms with Gasteiger partial charge in [-0.25, -0.2) is 0 Å². The summed E-state index contributed by atoms with van der Waals surface area (Å²) in [6.07, 6.45) is 0.908. The summed E-state index contributed by atoms with van der Waals surface area (Å²) in [6, 6.07) is 8.90. The van der Waals surface area contributed by atoms with Crippen molar-refractivity contribution >= 4 is 17.6 Å². The Labute approximate surface area is 130 Å². The van der Waals surface area contributed by atoms with Crippen molar-refractivity contribution in [2.45, 2.75) is 26.2 Å². The molecule has 6 heteroatoms. The van der Waals surface area contributed by atoms with Crippen LogP contribution in [0.3, 0.4) is 0 Å². The topological polar surface area (TPSA) is 79.6 Å². The van der Waals surface area contributed by atoms with Crippen molar-refractivity contribution in [1.82, 2.24) is 0 Å². The number of carbonyl (C=O) groups excluding carboxylic acids is 2. The Balaban J connectivity index is 2.75. The SMILES string of the molecule is CCCOc1ccc(N(CC#N)C(=O)CCC(=O)OC)cc1. The number of rotatable bonds is 8. The highest BCUT2D eigenvalue weighted by molar-refractivity contribution is 5.95. The van der Waals surface area contributed by atoms with E-state index < -0.39 is 5.97 Å². The highest BCUT2D eigenvalue weighted by atomic mass is 16.5. The predicted molar refractivity (Wildman–Crippen MR) is 81.4 cm³/mol. The minimum absolute atomic E-state index is 0.00242. The maximum atomic E-state index is 12.1. The van der Waals surface area contributed by atoms with Crippen LogP contribution >= 0.6 is 0 Å². The molecule has 0 saturated heterocycles. The van der Waals surface area contributed by atoms with Gasteiger partial charge in [0.15, 0.2) is 0 Å². The molecule has 0 unspecified atom stereocenters. The summed E-state index contributed by atoms with van der Waals surface area (Å²) in [5, 5.41) is 8.88. The number of methoxy groups -OCH3 is 1. The molecule has 1 aromatic rings. The van der Waals surface area contributed by atoms with E-state index in [9.17, 15) is 9.59 Å². The Bertz CT molecular complexity index is 534. The fourth-order valence-corrected chi connectivity index (χ4v) is 1.78. The fraction of sp³-hybridized carbons (Fsp3) is 0.438. The van der Waals surface area contributed by atoms with E-state index in [0.29, 0.717) is 18.0 Å². The normalized spacial score (nSPS) is 9.68. The number of esters is 1. The number of hydrogen-bond acceptors (Lipinski definition) is 5. The first-order valence-corrected chi connectivity index (χ1v) is 7.09. The van der Waals surface area contributed by atoms with Crippen molar-refractivity contribution in [2.75, 3.05) is 25.2 Å². The molecule has 0 atom stereocenters. The predicted octanol–water partition coefficient (Wildman–Crippen LogP) is 2.29. The maximum absolute atomic E-state index is 12.1. The molecule has 0 fully saturated rings. The zero-order valence-corrected chi connectivity index (χ0v) is 12.9. The van der Waals surface area contributed by atoms with E-state index in [1.807, 2.05) is 13.0 Å². The monoisotopic (exact) mass is 304 g/mol. The molecule has 0 bridgehead atoms. The first-order valence-electron chi connectivity index (χ1n) is 7.09. The lowest BCUT2D eigenvalue weighted by Gasteiger charge is -2.20. The second-order valence-corrected chi connectivity index (χ2v) is 4.56. The molecule has 0 spiro atoms. The van der Waals surface area contributed by atoms with E-state index in [4.69, 9.17) is 10.00 Å². The Morgan fingerprint density at radius 1 is 1.23 bits per heavy atom. The largest absolute Gasteiger partial charge is 0.494 e. The smallest absolute Gasteiger partial charge is 0.306 e. The molecule has 0 aliphatic carbocycles. The second-order valence-electron chi connectivity index (χ2n) is 4.56. The molecule has 0 aliphatic rings. The van der Waals surface area contributed by atoms with Gasteiger partial charge in [0.2, 0.25) is 5.91 Å². The van der Waals surface area contributed by atoms with Crippen LogP contribution in [0.15, 0.2) is 24.3 Å². The number of amides is 1. The van der Waals surface area contributed by atoms with Crippen molar-refractivity contribution in [3.05, 3.63) is 24.3 Å². The number of benzene rings is 1. The lowest BCUT2D eigenvalue weighted by atomic mass is 10.2. The average molecular weight is 304 g/mol. The first-order chi connectivity index (χ1) is 10.6. The van der Waals surface area contributed by atoms with E-state index in [1.165, 1.54) is 12.0 Å². The van der Waals surface area contributed by atoms with E-state index in [0.717, 1.165) is 6.42 Å². The lowest BCUT2D eigenvalue weighted by Crippen LogP contribution is -2.31. The first kappa shape index (κ1) is 17.5. The van der Waals surface area contributed by atoms with E-state index in [-0.39, 0.29) is 25.3 Å². The quantitative estimate of drug-likeness (QED) is 0.544. The molecular formula is C16H20N2O4. The maximum Gasteiger partial charge on any atom is 0.306 e. The third-order valence-corrected chi connectivity index (χ3v) is 2.92. The molecule has 1 aromatic carbocycles. The van der Waals surface area contributed by atoms with Gasteiger partial charge in [0.25, 0.3) is 0 Å². The molecule has 118 valence electrons. The van der Waals surface area contributed by atoms with Gasteiger partial charge in [-0.1, -0.05) is 6.92 Å². The number of hydrogen-bond donors (Lipinski definition) is 0. The van der Waals surface area contributed by atoms with E-state index in [1.54, 1.807) is 24.3 Å². The van der Waals surface area contributed by atoms with Crippen molar-refractivity contribution in [2.24, 2.45) is 0 Å². The van der Waals surface area contributed by atoms with Crippen LogP contribution in [0.1, 0.15) is 26.2 Å². The van der Waals surface area contributed by atoms with Crippen molar-refractivity contribution in [1.29, 1.82) is 5.26 Å². The molecule has 0 N–H and O–H groups in total. The van der Waals surface area contributed by atoms with Gasteiger partial charge in [0, 0.05) is 12.1 Å². The van der Waals surface area contributed by atoms with Crippen LogP contribution < -0.4 is 9.64 Å². The molecule has 1 amide bonds. The number of anilines is 1. The van der Waals surface area contributed by atoms with Crippen LogP contribution in [-0.2, 0) is 14.3 Å². The number of nitriles is 1. The summed E-state index contributed by atoms with van der Waals surface area (Å²) >= 11 is 0. The Kier molecular flexibility index (Phi) is 7.48. The minimum atomic E-state index is -0.450. The third-order valence-electron chi connectivity index (χ3n) is 2.92. The van der Waals surface area contributed by atoms with Gasteiger partial charge in [0.05, 0.1) is 26.2 Å². The number of ether oxygens (including phenoxy) is 2. The third kappa shape index (κ3) is 5.44. The van der Waals surface area contributed by atoms with Crippen molar-refractivity contribution < 1.29 is 19.1 Å². The fourth-order valence-electron chi connectivity index (χ4n) is 1.78. The van der Waals surface area contributed by atoms with Crippen LogP contribution in [0.4, 0.5) is 5.69 Å². The highest BCUT2D eigenvalue weighted by Crippen LogP contribution is 2.20. The highest BCUT2D eigenvalue weighted by Gasteiger charge is 2.17. The van der Waals surface area contributed by atoms with Gasteiger partial charge in [-0.3, -0.25) is 14.5 Å². The molecule has 0 heterocycles. The molecule has 0 radical (unpaired) electrons. The summed E-state index contributed by atoms with van der Waals surface area (Å²) in [7, 11) is 1.27. The summed E-state index contributed by atoms with van der Waals surface area (Å²) in [5.74, 6) is -0.0349. The van der Waals surface area contributed by atoms with Gasteiger partial charge < -0.3 is 9.47 Å². The second kappa shape index (κ2) is 9.40. The Morgan fingerprint density at radius 2 is 1.91 bits per heavy atom. The van der Waals surface area contributed by atoms with Crippen molar-refractivity contribution in [3.8, 4) is 11.8 Å². The van der Waals surface area contributed by atoms with Crippen LogP contribution in [0.2, 0.25) is 0 Å². The van der Waals surface area contributed by atoms with Crippen LogP contribution in [-0.4, -0.2) is 32.1 Å². The Morgan fingerprint density at radius 3 is 2.45 bits per heavy atom. The summed E-state index contributed by atoms with van der Waals surface area (Å²) in [5.41, 5.74) is 0.597. The summed E-state index contributed by atoms with van der Waals surface area (Å²) in [4.78, 5) is 24.6. The molecular weight excluding hydrogens is 284 g/mol. The zero-order valence-electron chi connectivity index (χ0n) is 12.9. The molecule has 1 rings (SSSR count). The van der Waals surface area contributed by atoms with Gasteiger partial charge in [-0.15, -0.1) is 0 Å². The molecule has 22 heavy (non-hydrogen) atoms. The number of carbonyl (C=O) groups is 2. The Hall–Kier alpha value is -2.55. The van der Waals surface area contributed by atoms with Gasteiger partial charge >= 0.3 is 5.97 Å². The van der Waals surface area contributed by atoms with Gasteiger partial charge in [-0.05, 0) is 30.7 Å². The zero-order chi connectivity index (χ0) is 16.4. The summed E-state index contributed by atoms with van der Waals surface area (Å²) in [6.45, 7) is 2.57. The van der Waals surface area contributed by atoms with E-state index in [2.05, 4.69) is 4.74 Å². The van der Waals surface area contributed by atoms with Crippen LogP contribution in [0.5, 0.6) is 5.75 Å². The van der Waals surface area contributed by atoms with Gasteiger partial charge in [-0.2, -0.15) is 5.26 Å². The molecule has 0 aromatic heterocycles. The lowest BCUT2D eigenvalue weighted by molar-refractivity contribution is -0.141. The average Bonchev–Trinajstić information content (AvgIpc) is 2.55.